The molecule has 1 atom stereocenters. The first-order valence-corrected chi connectivity index (χ1v) is 9.10. The lowest BCUT2D eigenvalue weighted by Gasteiger charge is -2.16. The fourth-order valence-electron chi connectivity index (χ4n) is 2.61. The van der Waals surface area contributed by atoms with E-state index in [9.17, 15) is 4.79 Å². The summed E-state index contributed by atoms with van der Waals surface area (Å²) in [6, 6.07) is 7.97. The number of carbonyl (C=O) groups is 1. The largest absolute Gasteiger partial charge is 0.497 e. The Labute approximate surface area is 158 Å². The summed E-state index contributed by atoms with van der Waals surface area (Å²) in [5.41, 5.74) is 4.80. The van der Waals surface area contributed by atoms with E-state index in [2.05, 4.69) is 32.9 Å². The van der Waals surface area contributed by atoms with Crippen molar-refractivity contribution >= 4 is 6.29 Å². The van der Waals surface area contributed by atoms with Crippen molar-refractivity contribution in [2.75, 3.05) is 7.11 Å². The first-order valence-electron chi connectivity index (χ1n) is 9.10. The van der Waals surface area contributed by atoms with Crippen LogP contribution in [0.3, 0.4) is 0 Å². The van der Waals surface area contributed by atoms with Crippen LogP contribution in [-0.2, 0) is 16.1 Å². The Balaban J connectivity index is 2.60. The van der Waals surface area contributed by atoms with Gasteiger partial charge in [-0.1, -0.05) is 41.0 Å². The molecule has 1 aromatic rings. The molecule has 0 spiro atoms. The van der Waals surface area contributed by atoms with Gasteiger partial charge in [0, 0.05) is 0 Å². The number of aldehydes is 1. The number of allylic oxidation sites excluding steroid dienone is 4. The van der Waals surface area contributed by atoms with E-state index in [0.29, 0.717) is 6.61 Å². The summed E-state index contributed by atoms with van der Waals surface area (Å²) >= 11 is 0. The van der Waals surface area contributed by atoms with Crippen molar-refractivity contribution in [2.24, 2.45) is 0 Å². The standard InChI is InChI=1S/C23H32O3/c1-18(2)15-23(16-20(4)8-6-7-19(3)13-14-24)26-17-21-9-11-22(25-5)12-10-21/h8-15,23H,6-7,16-17H2,1-5H3/b19-13+,20-8+. The SMILES string of the molecule is COc1ccc(COC(C=C(C)C)C/C(C)=C/CC/C(C)=C/C=O)cc1. The van der Waals surface area contributed by atoms with Gasteiger partial charge < -0.3 is 9.47 Å². The number of carbonyl (C=O) groups excluding carboxylic acids is 1. The van der Waals surface area contributed by atoms with Gasteiger partial charge >= 0.3 is 0 Å². The maximum absolute atomic E-state index is 10.5. The van der Waals surface area contributed by atoms with Gasteiger partial charge in [-0.25, -0.2) is 0 Å². The lowest BCUT2D eigenvalue weighted by molar-refractivity contribution is -0.104. The molecular weight excluding hydrogens is 324 g/mol. The molecule has 1 rings (SSSR count). The number of rotatable bonds is 11. The first kappa shape index (κ1) is 21.9. The molecule has 0 saturated heterocycles. The van der Waals surface area contributed by atoms with Crippen LogP contribution in [0, 0.1) is 0 Å². The Morgan fingerprint density at radius 2 is 1.77 bits per heavy atom. The molecule has 0 N–H and O–H groups in total. The van der Waals surface area contributed by atoms with Crippen LogP contribution < -0.4 is 4.74 Å². The number of ether oxygens (including phenoxy) is 2. The average molecular weight is 357 g/mol. The molecule has 0 heterocycles. The van der Waals surface area contributed by atoms with Crippen molar-refractivity contribution in [3.63, 3.8) is 0 Å². The highest BCUT2D eigenvalue weighted by Crippen LogP contribution is 2.17. The zero-order valence-corrected chi connectivity index (χ0v) is 16.7. The van der Waals surface area contributed by atoms with E-state index in [1.807, 2.05) is 31.2 Å². The Bertz CT molecular complexity index is 632. The van der Waals surface area contributed by atoms with Crippen molar-refractivity contribution in [1.29, 1.82) is 0 Å². The van der Waals surface area contributed by atoms with Crippen LogP contribution in [0.2, 0.25) is 0 Å². The predicted octanol–water partition coefficient (Wildman–Crippen LogP) is 5.81. The molecule has 1 unspecified atom stereocenters. The predicted molar refractivity (Wildman–Crippen MR) is 108 cm³/mol. The quantitative estimate of drug-likeness (QED) is 0.285. The van der Waals surface area contributed by atoms with E-state index in [1.165, 1.54) is 11.1 Å². The summed E-state index contributed by atoms with van der Waals surface area (Å²) in [5, 5.41) is 0. The lowest BCUT2D eigenvalue weighted by Crippen LogP contribution is -2.11. The van der Waals surface area contributed by atoms with Crippen LogP contribution in [0.25, 0.3) is 0 Å². The molecule has 0 fully saturated rings. The molecule has 3 nitrogen and oxygen atoms in total. The molecule has 0 aliphatic heterocycles. The van der Waals surface area contributed by atoms with Crippen LogP contribution in [0.1, 0.15) is 52.5 Å². The van der Waals surface area contributed by atoms with E-state index < -0.39 is 0 Å². The van der Waals surface area contributed by atoms with Crippen molar-refractivity contribution < 1.29 is 14.3 Å². The zero-order chi connectivity index (χ0) is 19.4. The third-order valence-electron chi connectivity index (χ3n) is 4.05. The summed E-state index contributed by atoms with van der Waals surface area (Å²) in [6.07, 6.45) is 9.69. The van der Waals surface area contributed by atoms with Gasteiger partial charge in [0.25, 0.3) is 0 Å². The molecule has 0 aromatic heterocycles. The second kappa shape index (κ2) is 12.3. The van der Waals surface area contributed by atoms with Gasteiger partial charge in [0.15, 0.2) is 0 Å². The maximum atomic E-state index is 10.5. The summed E-state index contributed by atoms with van der Waals surface area (Å²) in [4.78, 5) is 10.5. The van der Waals surface area contributed by atoms with Gasteiger partial charge in [-0.15, -0.1) is 0 Å². The van der Waals surface area contributed by atoms with Gasteiger partial charge in [-0.2, -0.15) is 0 Å². The van der Waals surface area contributed by atoms with Crippen LogP contribution in [0.15, 0.2) is 59.2 Å². The second-order valence-corrected chi connectivity index (χ2v) is 6.88. The van der Waals surface area contributed by atoms with E-state index in [1.54, 1.807) is 13.2 Å². The molecule has 0 radical (unpaired) electrons. The summed E-state index contributed by atoms with van der Waals surface area (Å²) in [5.74, 6) is 0.854. The molecule has 26 heavy (non-hydrogen) atoms. The van der Waals surface area contributed by atoms with Crippen molar-refractivity contribution in [1.82, 2.24) is 0 Å². The summed E-state index contributed by atoms with van der Waals surface area (Å²) < 4.78 is 11.3. The smallest absolute Gasteiger partial charge is 0.142 e. The molecule has 1 aromatic carbocycles. The van der Waals surface area contributed by atoms with Crippen LogP contribution >= 0.6 is 0 Å². The number of hydrogen-bond donors (Lipinski definition) is 0. The van der Waals surface area contributed by atoms with Gasteiger partial charge in [0.1, 0.15) is 12.0 Å². The fourth-order valence-corrected chi connectivity index (χ4v) is 2.61. The normalized spacial score (nSPS) is 13.3. The second-order valence-electron chi connectivity index (χ2n) is 6.88. The lowest BCUT2D eigenvalue weighted by atomic mass is 10.0. The van der Waals surface area contributed by atoms with E-state index >= 15 is 0 Å². The average Bonchev–Trinajstić information content (AvgIpc) is 2.60. The third kappa shape index (κ3) is 9.38. The molecule has 0 aliphatic rings. The maximum Gasteiger partial charge on any atom is 0.142 e. The van der Waals surface area contributed by atoms with Crippen LogP contribution in [-0.4, -0.2) is 19.5 Å². The Kier molecular flexibility index (Phi) is 10.3. The van der Waals surface area contributed by atoms with Crippen LogP contribution in [0.4, 0.5) is 0 Å². The Morgan fingerprint density at radius 1 is 1.08 bits per heavy atom. The molecule has 0 aliphatic carbocycles. The first-order chi connectivity index (χ1) is 12.4. The zero-order valence-electron chi connectivity index (χ0n) is 16.7. The monoisotopic (exact) mass is 356 g/mol. The Morgan fingerprint density at radius 3 is 2.35 bits per heavy atom. The van der Waals surface area contributed by atoms with Gasteiger partial charge in [-0.05, 0) is 70.7 Å². The fraction of sp³-hybridized carbons (Fsp3) is 0.435. The van der Waals surface area contributed by atoms with Gasteiger partial charge in [0.2, 0.25) is 0 Å². The molecule has 0 amide bonds. The van der Waals surface area contributed by atoms with E-state index in [0.717, 1.165) is 42.4 Å². The van der Waals surface area contributed by atoms with Crippen molar-refractivity contribution in [3.8, 4) is 5.75 Å². The molecular formula is C23H32O3. The summed E-state index contributed by atoms with van der Waals surface area (Å²) in [6.45, 7) is 8.89. The minimum Gasteiger partial charge on any atom is -0.497 e. The summed E-state index contributed by atoms with van der Waals surface area (Å²) in [7, 11) is 1.67. The van der Waals surface area contributed by atoms with Gasteiger partial charge in [-0.3, -0.25) is 4.79 Å². The van der Waals surface area contributed by atoms with Gasteiger partial charge in [0.05, 0.1) is 19.8 Å². The van der Waals surface area contributed by atoms with E-state index in [4.69, 9.17) is 9.47 Å². The minimum atomic E-state index is 0.0602. The topological polar surface area (TPSA) is 35.5 Å². The molecule has 3 heteroatoms. The highest BCUT2D eigenvalue weighted by atomic mass is 16.5. The Hall–Kier alpha value is -2.13. The van der Waals surface area contributed by atoms with Crippen molar-refractivity contribution in [3.05, 3.63) is 64.8 Å². The minimum absolute atomic E-state index is 0.0602. The van der Waals surface area contributed by atoms with E-state index in [-0.39, 0.29) is 6.10 Å². The van der Waals surface area contributed by atoms with Crippen molar-refractivity contribution in [2.45, 2.75) is 59.7 Å². The molecule has 0 saturated carbocycles. The third-order valence-corrected chi connectivity index (χ3v) is 4.05. The molecule has 0 bridgehead atoms. The number of benzene rings is 1. The number of methoxy groups -OCH3 is 1. The number of hydrogen-bond acceptors (Lipinski definition) is 3. The molecule has 142 valence electrons. The highest BCUT2D eigenvalue weighted by Gasteiger charge is 2.08. The van der Waals surface area contributed by atoms with Crippen LogP contribution in [0.5, 0.6) is 5.75 Å². The highest BCUT2D eigenvalue weighted by molar-refractivity contribution is 5.65.